The molecule has 0 amide bonds. The molecule has 2 aromatic rings. The van der Waals surface area contributed by atoms with Crippen molar-refractivity contribution >= 4 is 17.1 Å². The van der Waals surface area contributed by atoms with Gasteiger partial charge in [0.15, 0.2) is 11.2 Å². The summed E-state index contributed by atoms with van der Waals surface area (Å²) in [6.45, 7) is 4.51. The van der Waals surface area contributed by atoms with E-state index in [2.05, 4.69) is 19.9 Å². The number of hydrogen-bond acceptors (Lipinski definition) is 6. The SMILES string of the molecule is Nc1nc2[nH]cnc2c(=O)n1CCN1CCOCC1. The molecule has 8 nitrogen and oxygen atoms in total. The molecule has 0 saturated carbocycles. The number of nitrogens with two attached hydrogens (primary N) is 1. The van der Waals surface area contributed by atoms with Crippen molar-refractivity contribution < 1.29 is 4.74 Å². The van der Waals surface area contributed by atoms with Crippen molar-refractivity contribution in [3.8, 4) is 0 Å². The zero-order valence-electron chi connectivity index (χ0n) is 10.5. The van der Waals surface area contributed by atoms with Crippen LogP contribution in [0.5, 0.6) is 0 Å². The van der Waals surface area contributed by atoms with Crippen molar-refractivity contribution in [3.63, 3.8) is 0 Å². The molecule has 3 rings (SSSR count). The zero-order valence-corrected chi connectivity index (χ0v) is 10.5. The standard InChI is InChI=1S/C11H16N6O2/c12-11-15-9-8(13-7-14-9)10(18)17(11)2-1-16-3-5-19-6-4-16/h7H,1-6H2,(H2,12,15)(H,13,14). The number of nitrogen functional groups attached to an aromatic ring is 1. The molecule has 3 heterocycles. The lowest BCUT2D eigenvalue weighted by atomic mass is 10.4. The number of fused-ring (bicyclic) bond motifs is 1. The minimum absolute atomic E-state index is 0.197. The average molecular weight is 264 g/mol. The van der Waals surface area contributed by atoms with Crippen LogP contribution in [0.1, 0.15) is 0 Å². The Kier molecular flexibility index (Phi) is 3.18. The Bertz CT molecular complexity index is 628. The van der Waals surface area contributed by atoms with E-state index in [4.69, 9.17) is 10.5 Å². The number of H-pyrrole nitrogens is 1. The molecule has 1 saturated heterocycles. The Hall–Kier alpha value is -1.93. The summed E-state index contributed by atoms with van der Waals surface area (Å²) in [5, 5.41) is 0. The molecule has 19 heavy (non-hydrogen) atoms. The number of ether oxygens (including phenoxy) is 1. The number of rotatable bonds is 3. The van der Waals surface area contributed by atoms with Gasteiger partial charge in [0.2, 0.25) is 5.95 Å². The third-order valence-corrected chi connectivity index (χ3v) is 3.31. The molecule has 8 heteroatoms. The van der Waals surface area contributed by atoms with Gasteiger partial charge in [-0.15, -0.1) is 0 Å². The highest BCUT2D eigenvalue weighted by Gasteiger charge is 2.14. The molecule has 0 radical (unpaired) electrons. The summed E-state index contributed by atoms with van der Waals surface area (Å²) in [7, 11) is 0. The summed E-state index contributed by atoms with van der Waals surface area (Å²) in [6, 6.07) is 0. The Morgan fingerprint density at radius 2 is 2.16 bits per heavy atom. The summed E-state index contributed by atoms with van der Waals surface area (Å²) in [5.41, 5.74) is 6.39. The molecule has 0 unspecified atom stereocenters. The summed E-state index contributed by atoms with van der Waals surface area (Å²) in [4.78, 5) is 25.3. The van der Waals surface area contributed by atoms with E-state index in [1.165, 1.54) is 10.9 Å². The Labute approximate surface area is 109 Å². The van der Waals surface area contributed by atoms with Crippen LogP contribution in [0.25, 0.3) is 11.2 Å². The minimum Gasteiger partial charge on any atom is -0.379 e. The van der Waals surface area contributed by atoms with E-state index < -0.39 is 0 Å². The van der Waals surface area contributed by atoms with E-state index >= 15 is 0 Å². The molecule has 1 aliphatic rings. The van der Waals surface area contributed by atoms with E-state index in [0.29, 0.717) is 17.7 Å². The second-order valence-corrected chi connectivity index (χ2v) is 4.48. The maximum atomic E-state index is 12.2. The molecule has 0 aromatic carbocycles. The molecule has 1 aliphatic heterocycles. The number of aromatic nitrogens is 4. The van der Waals surface area contributed by atoms with Crippen LogP contribution < -0.4 is 11.3 Å². The van der Waals surface area contributed by atoms with Crippen LogP contribution in [0.4, 0.5) is 5.95 Å². The summed E-state index contributed by atoms with van der Waals surface area (Å²) < 4.78 is 6.76. The first-order valence-corrected chi connectivity index (χ1v) is 6.25. The Morgan fingerprint density at radius 3 is 2.95 bits per heavy atom. The molecule has 0 bridgehead atoms. The fraction of sp³-hybridized carbons (Fsp3) is 0.545. The molecule has 1 fully saturated rings. The molecule has 0 aliphatic carbocycles. The molecular formula is C11H16N6O2. The number of morpholine rings is 1. The first-order chi connectivity index (χ1) is 9.25. The normalized spacial score (nSPS) is 17.1. The highest BCUT2D eigenvalue weighted by molar-refractivity contribution is 5.69. The first kappa shape index (κ1) is 12.1. The van der Waals surface area contributed by atoms with Crippen molar-refractivity contribution in [3.05, 3.63) is 16.7 Å². The predicted octanol–water partition coefficient (Wildman–Crippen LogP) is -0.966. The van der Waals surface area contributed by atoms with Gasteiger partial charge in [0, 0.05) is 26.2 Å². The smallest absolute Gasteiger partial charge is 0.283 e. The second kappa shape index (κ2) is 4.98. The van der Waals surface area contributed by atoms with E-state index in [9.17, 15) is 4.79 Å². The van der Waals surface area contributed by atoms with Crippen LogP contribution in [0, 0.1) is 0 Å². The van der Waals surface area contributed by atoms with Crippen molar-refractivity contribution in [1.82, 2.24) is 24.4 Å². The number of nitrogens with one attached hydrogen (secondary N) is 1. The molecule has 3 N–H and O–H groups in total. The van der Waals surface area contributed by atoms with Crippen molar-refractivity contribution in [1.29, 1.82) is 0 Å². The van der Waals surface area contributed by atoms with Crippen LogP contribution in [0.3, 0.4) is 0 Å². The maximum Gasteiger partial charge on any atom is 0.283 e. The van der Waals surface area contributed by atoms with Crippen LogP contribution in [0.2, 0.25) is 0 Å². The lowest BCUT2D eigenvalue weighted by molar-refractivity contribution is 0.0363. The van der Waals surface area contributed by atoms with Crippen molar-refractivity contribution in [2.45, 2.75) is 6.54 Å². The van der Waals surface area contributed by atoms with Crippen LogP contribution in [-0.2, 0) is 11.3 Å². The second-order valence-electron chi connectivity index (χ2n) is 4.48. The fourth-order valence-electron chi connectivity index (χ4n) is 2.22. The van der Waals surface area contributed by atoms with Gasteiger partial charge < -0.3 is 15.5 Å². The molecule has 0 atom stereocenters. The van der Waals surface area contributed by atoms with Crippen molar-refractivity contribution in [2.75, 3.05) is 38.6 Å². The van der Waals surface area contributed by atoms with E-state index in [-0.39, 0.29) is 11.5 Å². The van der Waals surface area contributed by atoms with Crippen LogP contribution in [-0.4, -0.2) is 57.3 Å². The van der Waals surface area contributed by atoms with Gasteiger partial charge in [-0.1, -0.05) is 0 Å². The number of hydrogen-bond donors (Lipinski definition) is 2. The van der Waals surface area contributed by atoms with Gasteiger partial charge in [-0.05, 0) is 0 Å². The summed E-state index contributed by atoms with van der Waals surface area (Å²) in [6.07, 6.45) is 1.45. The topological polar surface area (TPSA) is 102 Å². The highest BCUT2D eigenvalue weighted by atomic mass is 16.5. The summed E-state index contributed by atoms with van der Waals surface area (Å²) in [5.74, 6) is 0.218. The Morgan fingerprint density at radius 1 is 1.37 bits per heavy atom. The summed E-state index contributed by atoms with van der Waals surface area (Å²) >= 11 is 0. The van der Waals surface area contributed by atoms with Gasteiger partial charge in [-0.2, -0.15) is 4.98 Å². The lowest BCUT2D eigenvalue weighted by Crippen LogP contribution is -2.39. The van der Waals surface area contributed by atoms with Gasteiger partial charge >= 0.3 is 0 Å². The minimum atomic E-state index is -0.197. The average Bonchev–Trinajstić information content (AvgIpc) is 2.88. The first-order valence-electron chi connectivity index (χ1n) is 6.25. The fourth-order valence-corrected chi connectivity index (χ4v) is 2.22. The van der Waals surface area contributed by atoms with Gasteiger partial charge in [-0.3, -0.25) is 14.3 Å². The predicted molar refractivity (Wildman–Crippen MR) is 69.8 cm³/mol. The van der Waals surface area contributed by atoms with E-state index in [1.807, 2.05) is 0 Å². The van der Waals surface area contributed by atoms with Gasteiger partial charge in [0.1, 0.15) is 0 Å². The highest BCUT2D eigenvalue weighted by Crippen LogP contribution is 2.05. The van der Waals surface area contributed by atoms with Crippen molar-refractivity contribution in [2.24, 2.45) is 0 Å². The van der Waals surface area contributed by atoms with Crippen LogP contribution >= 0.6 is 0 Å². The maximum absolute atomic E-state index is 12.2. The molecule has 2 aromatic heterocycles. The largest absolute Gasteiger partial charge is 0.379 e. The van der Waals surface area contributed by atoms with E-state index in [0.717, 1.165) is 32.8 Å². The number of nitrogens with zero attached hydrogens (tertiary/aromatic N) is 4. The Balaban J connectivity index is 1.81. The third kappa shape index (κ3) is 2.32. The zero-order chi connectivity index (χ0) is 13.2. The monoisotopic (exact) mass is 264 g/mol. The molecule has 102 valence electrons. The number of aromatic amines is 1. The van der Waals surface area contributed by atoms with Gasteiger partial charge in [0.25, 0.3) is 5.56 Å². The quantitative estimate of drug-likeness (QED) is 0.740. The molecule has 0 spiro atoms. The lowest BCUT2D eigenvalue weighted by Gasteiger charge is -2.26. The molecular weight excluding hydrogens is 248 g/mol. The number of anilines is 1. The van der Waals surface area contributed by atoms with Gasteiger partial charge in [-0.25, -0.2) is 4.98 Å². The van der Waals surface area contributed by atoms with Gasteiger partial charge in [0.05, 0.1) is 19.5 Å². The third-order valence-electron chi connectivity index (χ3n) is 3.31. The number of imidazole rings is 1. The van der Waals surface area contributed by atoms with E-state index in [1.54, 1.807) is 0 Å². The van der Waals surface area contributed by atoms with Crippen LogP contribution in [0.15, 0.2) is 11.1 Å².